The summed E-state index contributed by atoms with van der Waals surface area (Å²) in [5.41, 5.74) is 2.99. The van der Waals surface area contributed by atoms with E-state index in [4.69, 9.17) is 4.74 Å². The summed E-state index contributed by atoms with van der Waals surface area (Å²) in [4.78, 5) is 14.4. The summed E-state index contributed by atoms with van der Waals surface area (Å²) in [6.45, 7) is 2.05. The number of benzene rings is 2. The number of rotatable bonds is 4. The molecule has 0 spiro atoms. The lowest BCUT2D eigenvalue weighted by Crippen LogP contribution is -2.30. The average Bonchev–Trinajstić information content (AvgIpc) is 3.16. The molecule has 0 bridgehead atoms. The molecule has 0 aliphatic heterocycles. The first kappa shape index (κ1) is 17.3. The van der Waals surface area contributed by atoms with Gasteiger partial charge in [-0.1, -0.05) is 24.3 Å². The number of aliphatic hydroxyl groups is 1. The van der Waals surface area contributed by atoms with Crippen LogP contribution in [0, 0.1) is 6.92 Å². The Labute approximate surface area is 157 Å². The number of aromatic amines is 1. The van der Waals surface area contributed by atoms with Crippen molar-refractivity contribution in [2.45, 2.75) is 31.8 Å². The second kappa shape index (κ2) is 7.25. The minimum atomic E-state index is -0.520. The standard InChI is InChI=1S/C21H21N3O3/c1-14-7-8-16(13-19(14)15-11-17(25)12-15)24(20-9-10-22-23-20)21(26)27-18-5-3-2-4-6-18/h2-10,13,15,17,25H,11-12H2,1H3,(H,22,23). The van der Waals surface area contributed by atoms with Crippen molar-refractivity contribution >= 4 is 17.6 Å². The molecule has 4 rings (SSSR count). The molecule has 2 N–H and O–H groups in total. The predicted molar refractivity (Wildman–Crippen MR) is 102 cm³/mol. The quantitative estimate of drug-likeness (QED) is 0.725. The third-order valence-electron chi connectivity index (χ3n) is 4.93. The van der Waals surface area contributed by atoms with E-state index in [2.05, 4.69) is 10.2 Å². The first-order valence-electron chi connectivity index (χ1n) is 8.97. The lowest BCUT2D eigenvalue weighted by atomic mass is 9.76. The molecule has 1 saturated carbocycles. The van der Waals surface area contributed by atoms with Crippen LogP contribution in [-0.2, 0) is 0 Å². The molecule has 2 aromatic carbocycles. The maximum absolute atomic E-state index is 12.9. The molecule has 0 atom stereocenters. The first-order chi connectivity index (χ1) is 13.1. The minimum Gasteiger partial charge on any atom is -0.410 e. The first-order valence-corrected chi connectivity index (χ1v) is 8.97. The van der Waals surface area contributed by atoms with Gasteiger partial charge in [-0.15, -0.1) is 0 Å². The number of carbonyl (C=O) groups is 1. The third kappa shape index (κ3) is 3.57. The molecule has 3 aromatic rings. The molecule has 1 aliphatic carbocycles. The largest absolute Gasteiger partial charge is 0.425 e. The number of aryl methyl sites for hydroxylation is 1. The van der Waals surface area contributed by atoms with Gasteiger partial charge in [0.15, 0.2) is 0 Å². The molecule has 0 unspecified atom stereocenters. The summed E-state index contributed by atoms with van der Waals surface area (Å²) in [5.74, 6) is 1.31. The van der Waals surface area contributed by atoms with Crippen LogP contribution in [0.25, 0.3) is 0 Å². The zero-order chi connectivity index (χ0) is 18.8. The van der Waals surface area contributed by atoms with Gasteiger partial charge in [0.1, 0.15) is 11.6 Å². The number of nitrogens with one attached hydrogen (secondary N) is 1. The van der Waals surface area contributed by atoms with Crippen molar-refractivity contribution in [2.24, 2.45) is 0 Å². The number of aliphatic hydroxyl groups excluding tert-OH is 1. The lowest BCUT2D eigenvalue weighted by Gasteiger charge is -2.33. The molecule has 1 amide bonds. The van der Waals surface area contributed by atoms with Crippen molar-refractivity contribution in [3.63, 3.8) is 0 Å². The van der Waals surface area contributed by atoms with Crippen LogP contribution >= 0.6 is 0 Å². The van der Waals surface area contributed by atoms with Crippen LogP contribution in [0.2, 0.25) is 0 Å². The van der Waals surface area contributed by atoms with Crippen molar-refractivity contribution in [3.8, 4) is 5.75 Å². The van der Waals surface area contributed by atoms with Crippen molar-refractivity contribution in [1.82, 2.24) is 10.2 Å². The smallest absolute Gasteiger partial charge is 0.410 e. The zero-order valence-corrected chi connectivity index (χ0v) is 15.0. The number of ether oxygens (including phenoxy) is 1. The van der Waals surface area contributed by atoms with Gasteiger partial charge in [-0.25, -0.2) is 9.69 Å². The molecule has 6 nitrogen and oxygen atoms in total. The van der Waals surface area contributed by atoms with Gasteiger partial charge in [0.25, 0.3) is 0 Å². The second-order valence-corrected chi connectivity index (χ2v) is 6.82. The number of anilines is 2. The number of aromatic nitrogens is 2. The Morgan fingerprint density at radius 1 is 1.19 bits per heavy atom. The van der Waals surface area contributed by atoms with Crippen LogP contribution in [0.3, 0.4) is 0 Å². The molecule has 1 aromatic heterocycles. The summed E-state index contributed by atoms with van der Waals surface area (Å²) in [6.07, 6.45) is 2.35. The highest BCUT2D eigenvalue weighted by atomic mass is 16.6. The SMILES string of the molecule is Cc1ccc(N(C(=O)Oc2ccccc2)c2ccn[nH]2)cc1C1CC(O)C1. The van der Waals surface area contributed by atoms with Gasteiger partial charge < -0.3 is 9.84 Å². The summed E-state index contributed by atoms with van der Waals surface area (Å²) < 4.78 is 5.54. The van der Waals surface area contributed by atoms with Gasteiger partial charge in [0.2, 0.25) is 0 Å². The molecule has 138 valence electrons. The highest BCUT2D eigenvalue weighted by molar-refractivity contribution is 5.96. The van der Waals surface area contributed by atoms with E-state index in [1.165, 1.54) is 4.90 Å². The van der Waals surface area contributed by atoms with Gasteiger partial charge in [-0.05, 0) is 61.1 Å². The molecule has 0 radical (unpaired) electrons. The Kier molecular flexibility index (Phi) is 4.64. The van der Waals surface area contributed by atoms with E-state index in [1.54, 1.807) is 24.4 Å². The molecule has 27 heavy (non-hydrogen) atoms. The number of para-hydroxylation sites is 1. The normalized spacial score (nSPS) is 18.6. The van der Waals surface area contributed by atoms with Gasteiger partial charge >= 0.3 is 6.09 Å². The summed E-state index contributed by atoms with van der Waals surface area (Å²) >= 11 is 0. The van der Waals surface area contributed by atoms with Gasteiger partial charge in [-0.3, -0.25) is 5.10 Å². The zero-order valence-electron chi connectivity index (χ0n) is 15.0. The van der Waals surface area contributed by atoms with E-state index in [0.717, 1.165) is 24.0 Å². The Bertz CT molecular complexity index is 919. The fraction of sp³-hybridized carbons (Fsp3) is 0.238. The lowest BCUT2D eigenvalue weighted by molar-refractivity contribution is 0.0744. The monoisotopic (exact) mass is 363 g/mol. The highest BCUT2D eigenvalue weighted by Crippen LogP contribution is 2.40. The van der Waals surface area contributed by atoms with Crippen molar-refractivity contribution in [3.05, 3.63) is 71.9 Å². The average molecular weight is 363 g/mol. The molecule has 0 saturated heterocycles. The summed E-state index contributed by atoms with van der Waals surface area (Å²) in [6, 6.07) is 16.6. The van der Waals surface area contributed by atoms with Gasteiger partial charge in [0, 0.05) is 6.07 Å². The number of H-pyrrole nitrogens is 1. The number of hydrogen-bond donors (Lipinski definition) is 2. The van der Waals surface area contributed by atoms with Gasteiger partial charge in [-0.2, -0.15) is 5.10 Å². The van der Waals surface area contributed by atoms with Crippen LogP contribution < -0.4 is 9.64 Å². The van der Waals surface area contributed by atoms with E-state index in [9.17, 15) is 9.90 Å². The van der Waals surface area contributed by atoms with E-state index in [0.29, 0.717) is 23.2 Å². The Morgan fingerprint density at radius 2 is 1.96 bits per heavy atom. The van der Waals surface area contributed by atoms with Crippen molar-refractivity contribution in [1.29, 1.82) is 0 Å². The fourth-order valence-corrected chi connectivity index (χ4v) is 3.40. The summed E-state index contributed by atoms with van der Waals surface area (Å²) in [7, 11) is 0. The van der Waals surface area contributed by atoms with E-state index < -0.39 is 6.09 Å². The Hall–Kier alpha value is -3.12. The molecule has 6 heteroatoms. The van der Waals surface area contributed by atoms with Crippen molar-refractivity contribution in [2.75, 3.05) is 4.90 Å². The molecular weight excluding hydrogens is 342 g/mol. The number of hydrogen-bond acceptors (Lipinski definition) is 4. The van der Waals surface area contributed by atoms with Crippen LogP contribution in [0.15, 0.2) is 60.8 Å². The topological polar surface area (TPSA) is 78.5 Å². The third-order valence-corrected chi connectivity index (χ3v) is 4.93. The number of carbonyl (C=O) groups excluding carboxylic acids is 1. The van der Waals surface area contributed by atoms with E-state index >= 15 is 0 Å². The minimum absolute atomic E-state index is 0.232. The van der Waals surface area contributed by atoms with Crippen LogP contribution in [0.4, 0.5) is 16.3 Å². The Balaban J connectivity index is 1.67. The molecule has 1 heterocycles. The molecule has 1 aliphatic rings. The molecular formula is C21H21N3O3. The maximum Gasteiger partial charge on any atom is 0.425 e. The van der Waals surface area contributed by atoms with E-state index in [-0.39, 0.29) is 6.10 Å². The summed E-state index contributed by atoms with van der Waals surface area (Å²) in [5, 5.41) is 16.5. The maximum atomic E-state index is 12.9. The van der Waals surface area contributed by atoms with Gasteiger partial charge in [0.05, 0.1) is 18.0 Å². The van der Waals surface area contributed by atoms with Crippen LogP contribution in [0.5, 0.6) is 5.75 Å². The predicted octanol–water partition coefficient (Wildman–Crippen LogP) is 4.29. The van der Waals surface area contributed by atoms with Crippen LogP contribution in [0.1, 0.15) is 29.9 Å². The molecule has 1 fully saturated rings. The highest BCUT2D eigenvalue weighted by Gasteiger charge is 2.31. The number of nitrogens with zero attached hydrogens (tertiary/aromatic N) is 2. The van der Waals surface area contributed by atoms with Crippen molar-refractivity contribution < 1.29 is 14.6 Å². The number of amides is 1. The fourth-order valence-electron chi connectivity index (χ4n) is 3.40. The van der Waals surface area contributed by atoms with E-state index in [1.807, 2.05) is 43.3 Å². The Morgan fingerprint density at radius 3 is 2.63 bits per heavy atom. The van der Waals surface area contributed by atoms with Crippen LogP contribution in [-0.4, -0.2) is 27.5 Å². The second-order valence-electron chi connectivity index (χ2n) is 6.82.